The van der Waals surface area contributed by atoms with Crippen molar-refractivity contribution in [3.8, 4) is 0 Å². The molecule has 0 atom stereocenters. The average Bonchev–Trinajstić information content (AvgIpc) is 3.14. The van der Waals surface area contributed by atoms with Crippen molar-refractivity contribution in [1.82, 2.24) is 0 Å². The van der Waals surface area contributed by atoms with Crippen LogP contribution in [0.15, 0.2) is 70.3 Å². The van der Waals surface area contributed by atoms with Crippen LogP contribution in [0.5, 0.6) is 0 Å². The molecule has 1 aliphatic heterocycles. The third kappa shape index (κ3) is 3.72. The predicted octanol–water partition coefficient (Wildman–Crippen LogP) is 1.65. The number of hydrogen-bond acceptors (Lipinski definition) is 6. The van der Waals surface area contributed by atoms with Gasteiger partial charge in [-0.05, 0) is 42.8 Å². The van der Waals surface area contributed by atoms with Crippen molar-refractivity contribution >= 4 is 27.2 Å². The van der Waals surface area contributed by atoms with E-state index in [2.05, 4.69) is 9.71 Å². The van der Waals surface area contributed by atoms with Gasteiger partial charge in [0.2, 0.25) is 15.6 Å². The van der Waals surface area contributed by atoms with Gasteiger partial charge in [0.1, 0.15) is 12.5 Å². The number of nitrogens with zero attached hydrogens (tertiary/aromatic N) is 2. The average molecular weight is 396 g/mol. The van der Waals surface area contributed by atoms with E-state index >= 15 is 0 Å². The summed E-state index contributed by atoms with van der Waals surface area (Å²) < 4.78 is 32.7. The normalized spacial score (nSPS) is 13.8. The van der Waals surface area contributed by atoms with E-state index in [9.17, 15) is 8.42 Å². The van der Waals surface area contributed by atoms with E-state index in [1.807, 2.05) is 36.1 Å². The summed E-state index contributed by atoms with van der Waals surface area (Å²) in [7, 11) is -3.51. The molecule has 0 saturated heterocycles. The van der Waals surface area contributed by atoms with Crippen LogP contribution in [0.4, 0.5) is 11.4 Å². The first-order chi connectivity index (χ1) is 13.4. The summed E-state index contributed by atoms with van der Waals surface area (Å²) in [5.74, 6) is 0.468. The van der Waals surface area contributed by atoms with E-state index in [1.165, 1.54) is 0 Å². The second-order valence-electron chi connectivity index (χ2n) is 6.65. The van der Waals surface area contributed by atoms with Gasteiger partial charge >= 0.3 is 0 Å². The first kappa shape index (κ1) is 18.1. The van der Waals surface area contributed by atoms with Gasteiger partial charge in [0.05, 0.1) is 17.2 Å². The minimum atomic E-state index is -3.51. The second-order valence-corrected chi connectivity index (χ2v) is 8.37. The molecule has 0 aliphatic carbocycles. The van der Waals surface area contributed by atoms with Crippen LogP contribution in [-0.2, 0) is 15.8 Å². The van der Waals surface area contributed by atoms with E-state index in [4.69, 9.17) is 10.2 Å². The number of fused-ring (bicyclic) bond motifs is 1. The fraction of sp³-hybridized carbons (Fsp3) is 0.150. The molecule has 7 nitrogen and oxygen atoms in total. The van der Waals surface area contributed by atoms with Crippen molar-refractivity contribution in [2.24, 2.45) is 10.7 Å². The molecule has 2 aromatic carbocycles. The molecule has 0 unspecified atom stereocenters. The Kier molecular flexibility index (Phi) is 4.56. The number of benzene rings is 2. The fourth-order valence-electron chi connectivity index (χ4n) is 3.02. The van der Waals surface area contributed by atoms with Crippen LogP contribution < -0.4 is 26.1 Å². The first-order valence-corrected chi connectivity index (χ1v) is 10.4. The van der Waals surface area contributed by atoms with Gasteiger partial charge in [-0.2, -0.15) is 0 Å². The molecule has 0 radical (unpaired) electrons. The molecule has 0 amide bonds. The number of nitrogens with one attached hydrogen (secondary N) is 1. The highest BCUT2D eigenvalue weighted by Crippen LogP contribution is 2.22. The van der Waals surface area contributed by atoms with Crippen molar-refractivity contribution in [3.63, 3.8) is 0 Å². The highest BCUT2D eigenvalue weighted by molar-refractivity contribution is 7.91. The van der Waals surface area contributed by atoms with Gasteiger partial charge in [-0.1, -0.05) is 29.8 Å². The van der Waals surface area contributed by atoms with Crippen molar-refractivity contribution in [1.29, 1.82) is 0 Å². The first-order valence-electron chi connectivity index (χ1n) is 8.73. The van der Waals surface area contributed by atoms with Gasteiger partial charge in [0, 0.05) is 11.4 Å². The molecule has 2 heterocycles. The number of anilines is 2. The molecular weight excluding hydrogens is 376 g/mol. The summed E-state index contributed by atoms with van der Waals surface area (Å²) in [5.41, 5.74) is 9.87. The molecule has 144 valence electrons. The summed E-state index contributed by atoms with van der Waals surface area (Å²) in [4.78, 5) is 6.18. The van der Waals surface area contributed by atoms with E-state index in [0.717, 1.165) is 22.0 Å². The fourth-order valence-corrected chi connectivity index (χ4v) is 4.22. The highest BCUT2D eigenvalue weighted by atomic mass is 32.2. The minimum Gasteiger partial charge on any atom is -0.446 e. The lowest BCUT2D eigenvalue weighted by molar-refractivity contribution is 0.500. The molecule has 8 heteroatoms. The van der Waals surface area contributed by atoms with Crippen LogP contribution in [0.1, 0.15) is 11.1 Å². The van der Waals surface area contributed by atoms with Gasteiger partial charge in [0.25, 0.3) is 0 Å². The lowest BCUT2D eigenvalue weighted by Crippen LogP contribution is -2.42. The Balaban J connectivity index is 1.50. The number of furan rings is 1. The lowest BCUT2D eigenvalue weighted by atomic mass is 10.2. The van der Waals surface area contributed by atoms with E-state index < -0.39 is 10.0 Å². The third-order valence-electron chi connectivity index (χ3n) is 4.50. The Hall–Kier alpha value is -3.26. The second kappa shape index (κ2) is 7.05. The maximum absolute atomic E-state index is 12.4. The van der Waals surface area contributed by atoms with E-state index in [1.54, 1.807) is 36.6 Å². The molecule has 0 spiro atoms. The summed E-state index contributed by atoms with van der Waals surface area (Å²) in [6, 6.07) is 16.2. The maximum atomic E-state index is 12.4. The Morgan fingerprint density at radius 2 is 1.82 bits per heavy atom. The van der Waals surface area contributed by atoms with Gasteiger partial charge in [-0.15, -0.1) is 0 Å². The monoisotopic (exact) mass is 396 g/mol. The Labute approximate surface area is 162 Å². The summed E-state index contributed by atoms with van der Waals surface area (Å²) in [6.45, 7) is 2.30. The molecule has 1 aliphatic rings. The number of aryl methyl sites for hydroxylation is 1. The van der Waals surface area contributed by atoms with Crippen LogP contribution in [0, 0.1) is 6.92 Å². The van der Waals surface area contributed by atoms with Crippen LogP contribution in [0.25, 0.3) is 5.82 Å². The standard InChI is InChI=1S/C20H20N4O3S/c1-14-2-4-15(5-3-14)12-28(25,26)23-16-6-8-17(9-7-16)24-13-22-20-18(19(24)21)10-11-27-20/h2-11,23H,12-13,21H2,1H3. The zero-order valence-electron chi connectivity index (χ0n) is 15.3. The predicted molar refractivity (Wildman–Crippen MR) is 108 cm³/mol. The highest BCUT2D eigenvalue weighted by Gasteiger charge is 2.16. The number of hydrogen-bond donors (Lipinski definition) is 2. The van der Waals surface area contributed by atoms with Crippen LogP contribution >= 0.6 is 0 Å². The van der Waals surface area contributed by atoms with Crippen LogP contribution in [0.2, 0.25) is 0 Å². The van der Waals surface area contributed by atoms with Gasteiger partial charge < -0.3 is 15.1 Å². The molecule has 3 aromatic rings. The lowest BCUT2D eigenvalue weighted by Gasteiger charge is -2.24. The topological polar surface area (TPSA) is 101 Å². The SMILES string of the molecule is Cc1ccc(CS(=O)(=O)Nc2ccc(N3CN=c4occc4=C3N)cc2)cc1. The van der Waals surface area contributed by atoms with E-state index in [-0.39, 0.29) is 5.75 Å². The third-order valence-corrected chi connectivity index (χ3v) is 5.76. The maximum Gasteiger partial charge on any atom is 0.236 e. The van der Waals surface area contributed by atoms with Crippen LogP contribution in [0.3, 0.4) is 0 Å². The Morgan fingerprint density at radius 3 is 2.54 bits per heavy atom. The summed E-state index contributed by atoms with van der Waals surface area (Å²) >= 11 is 0. The molecule has 4 rings (SSSR count). The largest absolute Gasteiger partial charge is 0.446 e. The van der Waals surface area contributed by atoms with Crippen molar-refractivity contribution in [2.45, 2.75) is 12.7 Å². The molecule has 0 fully saturated rings. The zero-order valence-corrected chi connectivity index (χ0v) is 16.1. The van der Waals surface area contributed by atoms with Crippen LogP contribution in [-0.4, -0.2) is 15.1 Å². The molecule has 0 bridgehead atoms. The van der Waals surface area contributed by atoms with Gasteiger partial charge in [-0.3, -0.25) is 4.72 Å². The number of rotatable bonds is 5. The summed E-state index contributed by atoms with van der Waals surface area (Å²) in [5, 5.41) is 0.745. The summed E-state index contributed by atoms with van der Waals surface area (Å²) in [6.07, 6.45) is 1.55. The van der Waals surface area contributed by atoms with Crippen molar-refractivity contribution in [3.05, 3.63) is 82.8 Å². The molecule has 28 heavy (non-hydrogen) atoms. The quantitative estimate of drug-likeness (QED) is 0.683. The Bertz CT molecular complexity index is 1210. The molecule has 0 saturated carbocycles. The van der Waals surface area contributed by atoms with E-state index in [0.29, 0.717) is 23.7 Å². The Morgan fingerprint density at radius 1 is 1.11 bits per heavy atom. The van der Waals surface area contributed by atoms with Gasteiger partial charge in [-0.25, -0.2) is 13.4 Å². The molecule has 1 aromatic heterocycles. The minimum absolute atomic E-state index is 0.0793. The molecule has 3 N–H and O–H groups in total. The smallest absolute Gasteiger partial charge is 0.236 e. The van der Waals surface area contributed by atoms with Gasteiger partial charge in [0.15, 0.2) is 0 Å². The number of nitrogens with two attached hydrogens (primary N) is 1. The molecular formula is C20H20N4O3S. The van der Waals surface area contributed by atoms with Crippen molar-refractivity contribution in [2.75, 3.05) is 16.3 Å². The van der Waals surface area contributed by atoms with Crippen molar-refractivity contribution < 1.29 is 12.8 Å². The zero-order chi connectivity index (χ0) is 19.7. The number of sulfonamides is 1.